The van der Waals surface area contributed by atoms with Crippen molar-refractivity contribution in [2.75, 3.05) is 13.6 Å². The first-order valence-electron chi connectivity index (χ1n) is 14.2. The van der Waals surface area contributed by atoms with Crippen LogP contribution < -0.4 is 20.3 Å². The number of hydrogen-bond acceptors (Lipinski definition) is 5. The molecule has 0 amide bonds. The fourth-order valence-corrected chi connectivity index (χ4v) is 7.39. The van der Waals surface area contributed by atoms with Crippen molar-refractivity contribution >= 4 is 63.3 Å². The minimum atomic E-state index is -3.11. The van der Waals surface area contributed by atoms with E-state index in [9.17, 15) is 9.90 Å². The number of hydrogen-bond donors (Lipinski definition) is 0. The van der Waals surface area contributed by atoms with Gasteiger partial charge >= 0.3 is 10.6 Å². The van der Waals surface area contributed by atoms with Gasteiger partial charge in [-0.1, -0.05) is 37.0 Å². The van der Waals surface area contributed by atoms with Crippen molar-refractivity contribution < 1.29 is 27.1 Å². The molecule has 10 heteroatoms. The van der Waals surface area contributed by atoms with E-state index < -0.39 is 16.6 Å². The predicted octanol–water partition coefficient (Wildman–Crippen LogP) is 3.85. The van der Waals surface area contributed by atoms with Crippen LogP contribution in [0.3, 0.4) is 0 Å². The first kappa shape index (κ1) is 31.8. The van der Waals surface area contributed by atoms with Crippen molar-refractivity contribution in [1.82, 2.24) is 4.58 Å². The number of aryl methyl sites for hydroxylation is 1. The maximum absolute atomic E-state index is 12.6. The summed E-state index contributed by atoms with van der Waals surface area (Å²) in [5, 5.41) is 15.1. The highest BCUT2D eigenvalue weighted by molar-refractivity contribution is 7.59. The van der Waals surface area contributed by atoms with E-state index in [0.717, 1.165) is 63.5 Å². The maximum Gasteiger partial charge on any atom is 0.425 e. The third kappa shape index (κ3) is 5.13. The summed E-state index contributed by atoms with van der Waals surface area (Å²) in [5.41, 5.74) is 8.37. The molecule has 7 nitrogen and oxygen atoms in total. The molecule has 0 saturated carbocycles. The van der Waals surface area contributed by atoms with Crippen molar-refractivity contribution in [2.24, 2.45) is 0 Å². The Morgan fingerprint density at radius 3 is 2.25 bits per heavy atom. The van der Waals surface area contributed by atoms with Gasteiger partial charge in [-0.15, -0.1) is 12.6 Å². The average Bonchev–Trinajstić information content (AvgIpc) is 2.92. The van der Waals surface area contributed by atoms with Crippen LogP contribution in [0.5, 0.6) is 0 Å². The second kappa shape index (κ2) is 11.1. The van der Waals surface area contributed by atoms with E-state index in [4.69, 9.17) is 35.8 Å². The summed E-state index contributed by atoms with van der Waals surface area (Å²) >= 11 is 13.4. The molecule has 0 fully saturated rings. The molecule has 3 aromatic carbocycles. The molecule has 3 aliphatic rings. The Bertz CT molecular complexity index is 2090. The number of aromatic carboxylic acids is 1. The minimum absolute atomic E-state index is 0.0829. The zero-order chi connectivity index (χ0) is 32.5. The fraction of sp³-hybridized carbons (Fsp3) is 0.324. The van der Waals surface area contributed by atoms with E-state index in [0.29, 0.717) is 10.6 Å². The minimum Gasteiger partial charge on any atom is -0.545 e. The van der Waals surface area contributed by atoms with Crippen LogP contribution >= 0.6 is 23.2 Å². The van der Waals surface area contributed by atoms with Crippen LogP contribution in [0.2, 0.25) is 10.0 Å². The SMILES string of the molecule is C=[N+]1CCCc2cc3c(cc21)C(C)(C)c1cc2c(cc1=C3c1c(Cl)ccc(Cl)c1C(=O)[O-])C(C)=CC(C)(C)[N+]=2C.O=S(=O)=O. The first-order chi connectivity index (χ1) is 20.5. The van der Waals surface area contributed by atoms with Crippen LogP contribution in [0.4, 0.5) is 5.69 Å². The lowest BCUT2D eigenvalue weighted by molar-refractivity contribution is -0.436. The molecule has 6 rings (SSSR count). The Morgan fingerprint density at radius 2 is 1.61 bits per heavy atom. The van der Waals surface area contributed by atoms with Crippen LogP contribution in [-0.4, -0.2) is 49.0 Å². The van der Waals surface area contributed by atoms with E-state index in [2.05, 4.69) is 87.9 Å². The second-order valence-corrected chi connectivity index (χ2v) is 13.8. The molecular formula is C34H33Cl2N2O5S+. The number of rotatable bonds is 2. The Balaban J connectivity index is 0.000000906. The van der Waals surface area contributed by atoms with Crippen LogP contribution in [0.15, 0.2) is 42.5 Å². The third-order valence-electron chi connectivity index (χ3n) is 9.23. The molecule has 0 aromatic heterocycles. The molecule has 2 heterocycles. The molecule has 0 N–H and O–H groups in total. The summed E-state index contributed by atoms with van der Waals surface area (Å²) in [6.45, 7) is 16.2. The third-order valence-corrected chi connectivity index (χ3v) is 9.86. The molecule has 0 saturated heterocycles. The number of allylic oxidation sites excluding steroid dienone is 1. The second-order valence-electron chi connectivity index (χ2n) is 12.6. The number of nitrogens with zero attached hydrogens (tertiary/aromatic N) is 2. The number of carboxylic acids is 1. The van der Waals surface area contributed by atoms with Gasteiger partial charge < -0.3 is 9.90 Å². The van der Waals surface area contributed by atoms with Gasteiger partial charge in [0.1, 0.15) is 20.3 Å². The average molecular weight is 653 g/mol. The van der Waals surface area contributed by atoms with Crippen LogP contribution in [0.25, 0.3) is 11.1 Å². The standard InChI is InChI=1S/C34H33Cl2N2O2.O3S/c1-18-17-33(2,3)38(7)28-16-24-22(14-20(18)28)29(30-25(35)10-11-26(36)31(30)32(39)40)21-13-19-9-8-12-37(6)27(19)15-23(21)34(24,4)5;1-4(2)3/h10-11,13-17H,6,8-9,12H2,1-5,7H3;/q+1;. The van der Waals surface area contributed by atoms with Gasteiger partial charge in [0.2, 0.25) is 11.0 Å². The Hall–Kier alpha value is -3.59. The van der Waals surface area contributed by atoms with Crippen LogP contribution in [0.1, 0.15) is 84.8 Å². The van der Waals surface area contributed by atoms with E-state index in [1.807, 2.05) is 0 Å². The van der Waals surface area contributed by atoms with E-state index in [-0.39, 0.29) is 21.5 Å². The van der Waals surface area contributed by atoms with Crippen molar-refractivity contribution in [3.05, 3.63) is 102 Å². The van der Waals surface area contributed by atoms with Crippen molar-refractivity contribution in [1.29, 1.82) is 0 Å². The molecule has 0 radical (unpaired) electrons. The largest absolute Gasteiger partial charge is 0.545 e. The molecule has 3 aromatic rings. The van der Waals surface area contributed by atoms with E-state index in [1.54, 1.807) is 6.07 Å². The molecule has 44 heavy (non-hydrogen) atoms. The lowest BCUT2D eigenvalue weighted by atomic mass is 9.67. The Morgan fingerprint density at radius 1 is 0.977 bits per heavy atom. The molecule has 0 spiro atoms. The summed E-state index contributed by atoms with van der Waals surface area (Å²) in [5.74, 6) is -1.35. The zero-order valence-corrected chi connectivity index (χ0v) is 27.8. The molecule has 1 aliphatic carbocycles. The van der Waals surface area contributed by atoms with Gasteiger partial charge in [-0.25, -0.2) is 9.15 Å². The van der Waals surface area contributed by atoms with Crippen molar-refractivity contribution in [3.63, 3.8) is 0 Å². The lowest BCUT2D eigenvalue weighted by Crippen LogP contribution is -2.48. The molecule has 0 atom stereocenters. The van der Waals surface area contributed by atoms with Gasteiger partial charge in [0.25, 0.3) is 0 Å². The number of carbonyl (C=O) groups is 1. The van der Waals surface area contributed by atoms with E-state index in [1.165, 1.54) is 17.2 Å². The number of carboxylic acid groups (broad SMARTS) is 1. The summed E-state index contributed by atoms with van der Waals surface area (Å²) in [4.78, 5) is 12.6. The topological polar surface area (TPSA) is 97.4 Å². The summed E-state index contributed by atoms with van der Waals surface area (Å²) in [6.07, 6.45) is 4.21. The quantitative estimate of drug-likeness (QED) is 0.392. The number of halogens is 2. The molecule has 228 valence electrons. The predicted molar refractivity (Wildman–Crippen MR) is 171 cm³/mol. The number of fused-ring (bicyclic) bond motifs is 4. The maximum atomic E-state index is 12.6. The van der Waals surface area contributed by atoms with Gasteiger partial charge in [0.15, 0.2) is 5.54 Å². The van der Waals surface area contributed by atoms with Gasteiger partial charge in [-0.05, 0) is 76.7 Å². The zero-order valence-electron chi connectivity index (χ0n) is 25.5. The van der Waals surface area contributed by atoms with E-state index >= 15 is 0 Å². The molecule has 0 unspecified atom stereocenters. The van der Waals surface area contributed by atoms with Crippen molar-refractivity contribution in [2.45, 2.75) is 58.4 Å². The van der Waals surface area contributed by atoms with Crippen LogP contribution in [0, 0.1) is 0 Å². The van der Waals surface area contributed by atoms with Crippen LogP contribution in [-0.2, 0) is 22.4 Å². The number of benzene rings is 3. The van der Waals surface area contributed by atoms with Gasteiger partial charge in [-0.3, -0.25) is 0 Å². The first-order valence-corrected chi connectivity index (χ1v) is 15.9. The Kier molecular flexibility index (Phi) is 8.02. The molecular weight excluding hydrogens is 619 g/mol. The van der Waals surface area contributed by atoms with Gasteiger partial charge in [0, 0.05) is 65.1 Å². The van der Waals surface area contributed by atoms with Crippen molar-refractivity contribution in [3.8, 4) is 0 Å². The monoisotopic (exact) mass is 651 g/mol. The smallest absolute Gasteiger partial charge is 0.425 e. The highest BCUT2D eigenvalue weighted by Gasteiger charge is 2.39. The fourth-order valence-electron chi connectivity index (χ4n) is 6.91. The lowest BCUT2D eigenvalue weighted by Gasteiger charge is -2.36. The summed E-state index contributed by atoms with van der Waals surface area (Å²) in [6, 6.07) is 12.2. The number of carbonyl (C=O) groups excluding carboxylic acids is 1. The molecule has 2 aliphatic heterocycles. The highest BCUT2D eigenvalue weighted by Crippen LogP contribution is 2.46. The van der Waals surface area contributed by atoms with Gasteiger partial charge in [0.05, 0.1) is 11.0 Å². The normalized spacial score (nSPS) is 17.3. The van der Waals surface area contributed by atoms with Gasteiger partial charge in [-0.2, -0.15) is 0 Å². The summed E-state index contributed by atoms with van der Waals surface area (Å²) in [7, 11) is -0.985. The molecule has 0 bridgehead atoms. The Labute approximate surface area is 268 Å². The highest BCUT2D eigenvalue weighted by atomic mass is 35.5. The number of likely N-dealkylation sites (N-methyl/N-ethyl adjacent to an activating group) is 1. The summed E-state index contributed by atoms with van der Waals surface area (Å²) < 4.78 is 29.7.